The Kier molecular flexibility index (Phi) is 9.42. The summed E-state index contributed by atoms with van der Waals surface area (Å²) >= 11 is 0. The van der Waals surface area contributed by atoms with Crippen molar-refractivity contribution in [1.82, 2.24) is 5.32 Å². The summed E-state index contributed by atoms with van der Waals surface area (Å²) < 4.78 is 5.73. The lowest BCUT2D eigenvalue weighted by molar-refractivity contribution is 0.0387. The molecule has 2 nitrogen and oxygen atoms in total. The molecule has 0 fully saturated rings. The maximum absolute atomic E-state index is 5.73. The average Bonchev–Trinajstić information content (AvgIpc) is 2.16. The topological polar surface area (TPSA) is 21.3 Å². The van der Waals surface area contributed by atoms with Crippen LogP contribution in [0.3, 0.4) is 0 Å². The molecule has 2 atom stereocenters. The first-order chi connectivity index (χ1) is 6.70. The summed E-state index contributed by atoms with van der Waals surface area (Å²) in [7, 11) is 0. The quantitative estimate of drug-likeness (QED) is 0.579. The molecule has 0 rings (SSSR count). The summed E-state index contributed by atoms with van der Waals surface area (Å²) in [5, 5.41) is 3.41. The Labute approximate surface area is 89.4 Å². The molecule has 0 aliphatic carbocycles. The summed E-state index contributed by atoms with van der Waals surface area (Å²) in [6.07, 6.45) is 4.02. The third kappa shape index (κ3) is 8.52. The molecule has 0 bridgehead atoms. The van der Waals surface area contributed by atoms with Crippen LogP contribution in [-0.2, 0) is 4.74 Å². The highest BCUT2D eigenvalue weighted by Gasteiger charge is 2.05. The predicted molar refractivity (Wildman–Crippen MR) is 62.6 cm³/mol. The smallest absolute Gasteiger partial charge is 0.0547 e. The van der Waals surface area contributed by atoms with E-state index in [1.807, 2.05) is 0 Å². The Hall–Kier alpha value is -0.0800. The van der Waals surface area contributed by atoms with Crippen LogP contribution in [0.4, 0.5) is 0 Å². The van der Waals surface area contributed by atoms with E-state index >= 15 is 0 Å². The Morgan fingerprint density at radius 1 is 1.14 bits per heavy atom. The molecule has 0 aromatic carbocycles. The summed E-state index contributed by atoms with van der Waals surface area (Å²) in [5.41, 5.74) is 0. The Morgan fingerprint density at radius 3 is 2.43 bits per heavy atom. The molecule has 2 unspecified atom stereocenters. The molecule has 0 aromatic rings. The molecule has 0 heterocycles. The lowest BCUT2D eigenvalue weighted by Gasteiger charge is -2.16. The first-order valence-electron chi connectivity index (χ1n) is 6.03. The van der Waals surface area contributed by atoms with Gasteiger partial charge in [-0.15, -0.1) is 0 Å². The lowest BCUT2D eigenvalue weighted by Crippen LogP contribution is -2.26. The van der Waals surface area contributed by atoms with Crippen LogP contribution >= 0.6 is 0 Å². The van der Waals surface area contributed by atoms with Crippen molar-refractivity contribution in [1.29, 1.82) is 0 Å². The van der Waals surface area contributed by atoms with Gasteiger partial charge < -0.3 is 10.1 Å². The average molecular weight is 201 g/mol. The van der Waals surface area contributed by atoms with Crippen LogP contribution in [0.1, 0.15) is 47.0 Å². The zero-order valence-electron chi connectivity index (χ0n) is 10.3. The van der Waals surface area contributed by atoms with Crippen molar-refractivity contribution in [3.8, 4) is 0 Å². The minimum absolute atomic E-state index is 0.425. The molecule has 86 valence electrons. The second-order valence-electron chi connectivity index (χ2n) is 4.24. The Bertz CT molecular complexity index is 117. The highest BCUT2D eigenvalue weighted by Crippen LogP contribution is 2.03. The normalized spacial score (nSPS) is 15.4. The summed E-state index contributed by atoms with van der Waals surface area (Å²) in [6.45, 7) is 11.9. The zero-order valence-corrected chi connectivity index (χ0v) is 10.3. The SMILES string of the molecule is CCCNCC(C)COC(C)CCC. The van der Waals surface area contributed by atoms with Crippen LogP contribution < -0.4 is 5.32 Å². The Morgan fingerprint density at radius 2 is 1.86 bits per heavy atom. The molecule has 14 heavy (non-hydrogen) atoms. The summed E-state index contributed by atoms with van der Waals surface area (Å²) in [6, 6.07) is 0. The molecule has 0 spiro atoms. The maximum Gasteiger partial charge on any atom is 0.0547 e. The fourth-order valence-electron chi connectivity index (χ4n) is 1.40. The second-order valence-corrected chi connectivity index (χ2v) is 4.24. The van der Waals surface area contributed by atoms with Crippen LogP contribution in [0.15, 0.2) is 0 Å². The fraction of sp³-hybridized carbons (Fsp3) is 1.00. The van der Waals surface area contributed by atoms with Gasteiger partial charge in [-0.25, -0.2) is 0 Å². The molecule has 2 heteroatoms. The van der Waals surface area contributed by atoms with Gasteiger partial charge in [-0.05, 0) is 38.8 Å². The van der Waals surface area contributed by atoms with Gasteiger partial charge in [-0.1, -0.05) is 27.2 Å². The molecular weight excluding hydrogens is 174 g/mol. The van der Waals surface area contributed by atoms with E-state index in [4.69, 9.17) is 4.74 Å². The molecular formula is C12H27NO. The minimum atomic E-state index is 0.425. The van der Waals surface area contributed by atoms with E-state index in [9.17, 15) is 0 Å². The van der Waals surface area contributed by atoms with Crippen LogP contribution in [0.5, 0.6) is 0 Å². The first-order valence-corrected chi connectivity index (χ1v) is 6.03. The number of hydrogen-bond donors (Lipinski definition) is 1. The highest BCUT2D eigenvalue weighted by atomic mass is 16.5. The molecule has 0 aliphatic rings. The van der Waals surface area contributed by atoms with Crippen molar-refractivity contribution in [2.45, 2.75) is 53.1 Å². The standard InChI is InChI=1S/C12H27NO/c1-5-7-12(4)14-10-11(3)9-13-8-6-2/h11-13H,5-10H2,1-4H3. The van der Waals surface area contributed by atoms with E-state index in [1.165, 1.54) is 19.3 Å². The van der Waals surface area contributed by atoms with Gasteiger partial charge in [0.2, 0.25) is 0 Å². The van der Waals surface area contributed by atoms with Crippen LogP contribution in [0, 0.1) is 5.92 Å². The van der Waals surface area contributed by atoms with E-state index in [2.05, 4.69) is 33.0 Å². The maximum atomic E-state index is 5.73. The van der Waals surface area contributed by atoms with Crippen molar-refractivity contribution < 1.29 is 4.74 Å². The van der Waals surface area contributed by atoms with E-state index in [0.717, 1.165) is 19.7 Å². The molecule has 0 aliphatic heterocycles. The van der Waals surface area contributed by atoms with Gasteiger partial charge in [0.25, 0.3) is 0 Å². The van der Waals surface area contributed by atoms with Crippen LogP contribution in [0.2, 0.25) is 0 Å². The zero-order chi connectivity index (χ0) is 10.8. The second kappa shape index (κ2) is 9.47. The minimum Gasteiger partial charge on any atom is -0.378 e. The largest absolute Gasteiger partial charge is 0.378 e. The number of hydrogen-bond acceptors (Lipinski definition) is 2. The van der Waals surface area contributed by atoms with Crippen LogP contribution in [0.25, 0.3) is 0 Å². The number of rotatable bonds is 9. The van der Waals surface area contributed by atoms with Gasteiger partial charge >= 0.3 is 0 Å². The molecule has 0 amide bonds. The van der Waals surface area contributed by atoms with Crippen molar-refractivity contribution in [2.75, 3.05) is 19.7 Å². The van der Waals surface area contributed by atoms with Crippen molar-refractivity contribution in [2.24, 2.45) is 5.92 Å². The van der Waals surface area contributed by atoms with Gasteiger partial charge in [-0.2, -0.15) is 0 Å². The predicted octanol–water partition coefficient (Wildman–Crippen LogP) is 2.83. The van der Waals surface area contributed by atoms with E-state index in [0.29, 0.717) is 12.0 Å². The van der Waals surface area contributed by atoms with E-state index in [-0.39, 0.29) is 0 Å². The monoisotopic (exact) mass is 201 g/mol. The van der Waals surface area contributed by atoms with E-state index in [1.54, 1.807) is 0 Å². The molecule has 0 radical (unpaired) electrons. The summed E-state index contributed by atoms with van der Waals surface area (Å²) in [5.74, 6) is 0.626. The highest BCUT2D eigenvalue weighted by molar-refractivity contribution is 4.57. The fourth-order valence-corrected chi connectivity index (χ4v) is 1.40. The van der Waals surface area contributed by atoms with Crippen molar-refractivity contribution >= 4 is 0 Å². The van der Waals surface area contributed by atoms with E-state index < -0.39 is 0 Å². The van der Waals surface area contributed by atoms with Gasteiger partial charge in [0.15, 0.2) is 0 Å². The van der Waals surface area contributed by atoms with Gasteiger partial charge in [0.1, 0.15) is 0 Å². The molecule has 0 saturated heterocycles. The molecule has 1 N–H and O–H groups in total. The van der Waals surface area contributed by atoms with Gasteiger partial charge in [-0.3, -0.25) is 0 Å². The number of ether oxygens (including phenoxy) is 1. The molecule has 0 saturated carbocycles. The van der Waals surface area contributed by atoms with Gasteiger partial charge in [0, 0.05) is 0 Å². The first kappa shape index (κ1) is 13.9. The third-order valence-corrected chi connectivity index (χ3v) is 2.28. The van der Waals surface area contributed by atoms with Crippen molar-refractivity contribution in [3.05, 3.63) is 0 Å². The summed E-state index contributed by atoms with van der Waals surface area (Å²) in [4.78, 5) is 0. The molecule has 0 aromatic heterocycles. The van der Waals surface area contributed by atoms with Crippen LogP contribution in [-0.4, -0.2) is 25.8 Å². The Balaban J connectivity index is 3.29. The van der Waals surface area contributed by atoms with Gasteiger partial charge in [0.05, 0.1) is 12.7 Å². The van der Waals surface area contributed by atoms with Crippen molar-refractivity contribution in [3.63, 3.8) is 0 Å². The lowest BCUT2D eigenvalue weighted by atomic mass is 10.2. The third-order valence-electron chi connectivity index (χ3n) is 2.28. The number of nitrogens with one attached hydrogen (secondary N) is 1.